The summed E-state index contributed by atoms with van der Waals surface area (Å²) in [7, 11) is 1.69. The summed E-state index contributed by atoms with van der Waals surface area (Å²) in [6, 6.07) is 8.47. The Balaban J connectivity index is 0.00000338. The molecule has 1 aliphatic rings. The summed E-state index contributed by atoms with van der Waals surface area (Å²) in [4.78, 5) is 4.60. The summed E-state index contributed by atoms with van der Waals surface area (Å²) in [5.74, 6) is 0.812. The van der Waals surface area contributed by atoms with Gasteiger partial charge in [0.25, 0.3) is 0 Å². The van der Waals surface area contributed by atoms with Crippen molar-refractivity contribution < 1.29 is 14.2 Å². The monoisotopic (exact) mass is 477 g/mol. The van der Waals surface area contributed by atoms with Crippen LogP contribution >= 0.6 is 24.0 Å². The van der Waals surface area contributed by atoms with E-state index in [2.05, 4.69) is 46.8 Å². The van der Waals surface area contributed by atoms with E-state index in [0.29, 0.717) is 25.9 Å². The Hall–Kier alpha value is -0.900. The molecule has 1 fully saturated rings. The lowest BCUT2D eigenvalue weighted by molar-refractivity contribution is -0.0390. The minimum Gasteiger partial charge on any atom is -0.383 e. The first kappa shape index (κ1) is 23.1. The van der Waals surface area contributed by atoms with Gasteiger partial charge in [0.1, 0.15) is 0 Å². The number of hydrogen-bond acceptors (Lipinski definition) is 4. The van der Waals surface area contributed by atoms with Crippen molar-refractivity contribution in [3.63, 3.8) is 0 Å². The van der Waals surface area contributed by atoms with Crippen LogP contribution in [-0.4, -0.2) is 52.1 Å². The van der Waals surface area contributed by atoms with Gasteiger partial charge < -0.3 is 24.8 Å². The van der Waals surface area contributed by atoms with Crippen LogP contribution in [0.1, 0.15) is 30.9 Å². The molecule has 2 N–H and O–H groups in total. The zero-order chi connectivity index (χ0) is 17.7. The van der Waals surface area contributed by atoms with Gasteiger partial charge in [0, 0.05) is 33.4 Å². The number of guanidine groups is 1. The maximum Gasteiger partial charge on any atom is 0.191 e. The van der Waals surface area contributed by atoms with Crippen LogP contribution in [0.15, 0.2) is 29.3 Å². The smallest absolute Gasteiger partial charge is 0.191 e. The number of aliphatic imine (C=N–C) groups is 1. The molecule has 1 aliphatic heterocycles. The average Bonchev–Trinajstić information content (AvgIpc) is 2.66. The Labute approximate surface area is 174 Å². The highest BCUT2D eigenvalue weighted by atomic mass is 127. The number of ether oxygens (including phenoxy) is 3. The standard InChI is InChI=1S/C19H31N3O3.HI/c1-3-20-19(21-10-13-23-2)22-14-16-4-6-17(7-5-16)15-25-18-8-11-24-12-9-18;/h4-7,18H,3,8-15H2,1-2H3,(H2,20,21,22);1H. The van der Waals surface area contributed by atoms with E-state index in [1.165, 1.54) is 11.1 Å². The van der Waals surface area contributed by atoms with Gasteiger partial charge in [-0.25, -0.2) is 4.99 Å². The number of nitrogens with zero attached hydrogens (tertiary/aromatic N) is 1. The average molecular weight is 477 g/mol. The largest absolute Gasteiger partial charge is 0.383 e. The van der Waals surface area contributed by atoms with Gasteiger partial charge in [0.15, 0.2) is 5.96 Å². The Bertz CT molecular complexity index is 505. The minimum absolute atomic E-state index is 0. The van der Waals surface area contributed by atoms with Crippen LogP contribution in [0.25, 0.3) is 0 Å². The molecule has 1 aromatic carbocycles. The molecule has 1 aromatic rings. The Kier molecular flexibility index (Phi) is 12.6. The van der Waals surface area contributed by atoms with E-state index in [0.717, 1.165) is 45.1 Å². The fourth-order valence-electron chi connectivity index (χ4n) is 2.58. The molecule has 0 amide bonds. The molecule has 0 aromatic heterocycles. The van der Waals surface area contributed by atoms with E-state index >= 15 is 0 Å². The molecule has 0 atom stereocenters. The quantitative estimate of drug-likeness (QED) is 0.248. The van der Waals surface area contributed by atoms with Crippen molar-refractivity contribution in [3.05, 3.63) is 35.4 Å². The van der Waals surface area contributed by atoms with Crippen LogP contribution in [0.5, 0.6) is 0 Å². The lowest BCUT2D eigenvalue weighted by Crippen LogP contribution is -2.38. The summed E-state index contributed by atoms with van der Waals surface area (Å²) < 4.78 is 16.4. The van der Waals surface area contributed by atoms with Crippen molar-refractivity contribution >= 4 is 29.9 Å². The second-order valence-electron chi connectivity index (χ2n) is 6.05. The van der Waals surface area contributed by atoms with E-state index in [-0.39, 0.29) is 24.0 Å². The van der Waals surface area contributed by atoms with Gasteiger partial charge in [0.05, 0.1) is 25.9 Å². The molecule has 2 rings (SSSR count). The molecule has 0 saturated carbocycles. The first-order valence-corrected chi connectivity index (χ1v) is 9.10. The van der Waals surface area contributed by atoms with Gasteiger partial charge in [-0.3, -0.25) is 0 Å². The molecular weight excluding hydrogens is 445 g/mol. The zero-order valence-electron chi connectivity index (χ0n) is 15.8. The van der Waals surface area contributed by atoms with Gasteiger partial charge >= 0.3 is 0 Å². The minimum atomic E-state index is 0. The fourth-order valence-corrected chi connectivity index (χ4v) is 2.58. The Morgan fingerprint density at radius 3 is 2.50 bits per heavy atom. The third-order valence-corrected chi connectivity index (χ3v) is 4.04. The molecule has 7 heteroatoms. The normalized spacial score (nSPS) is 15.4. The van der Waals surface area contributed by atoms with Crippen molar-refractivity contribution in [2.24, 2.45) is 4.99 Å². The summed E-state index contributed by atoms with van der Waals surface area (Å²) in [5, 5.41) is 6.48. The van der Waals surface area contributed by atoms with Crippen molar-refractivity contribution in [2.75, 3.05) is 40.0 Å². The van der Waals surface area contributed by atoms with Gasteiger partial charge in [-0.1, -0.05) is 24.3 Å². The second-order valence-corrected chi connectivity index (χ2v) is 6.05. The maximum atomic E-state index is 5.95. The summed E-state index contributed by atoms with van der Waals surface area (Å²) >= 11 is 0. The van der Waals surface area contributed by atoms with Crippen LogP contribution in [-0.2, 0) is 27.4 Å². The molecule has 6 nitrogen and oxygen atoms in total. The highest BCUT2D eigenvalue weighted by Gasteiger charge is 2.13. The Morgan fingerprint density at radius 2 is 1.85 bits per heavy atom. The van der Waals surface area contributed by atoms with Crippen LogP contribution in [0.3, 0.4) is 0 Å². The van der Waals surface area contributed by atoms with Crippen LogP contribution < -0.4 is 10.6 Å². The molecule has 1 heterocycles. The molecular formula is C19H32IN3O3. The van der Waals surface area contributed by atoms with Gasteiger partial charge in [-0.05, 0) is 30.9 Å². The maximum absolute atomic E-state index is 5.95. The van der Waals surface area contributed by atoms with E-state index in [1.54, 1.807) is 7.11 Å². The Morgan fingerprint density at radius 1 is 1.15 bits per heavy atom. The first-order chi connectivity index (χ1) is 12.3. The molecule has 1 saturated heterocycles. The first-order valence-electron chi connectivity index (χ1n) is 9.10. The number of hydrogen-bond donors (Lipinski definition) is 2. The third kappa shape index (κ3) is 9.16. The van der Waals surface area contributed by atoms with E-state index in [4.69, 9.17) is 14.2 Å². The molecule has 0 spiro atoms. The number of methoxy groups -OCH3 is 1. The number of halogens is 1. The SMILES string of the molecule is CCNC(=NCc1ccc(COC2CCOCC2)cc1)NCCOC.I. The lowest BCUT2D eigenvalue weighted by Gasteiger charge is -2.22. The van der Waals surface area contributed by atoms with Crippen LogP contribution in [0.4, 0.5) is 0 Å². The fraction of sp³-hybridized carbons (Fsp3) is 0.632. The number of benzene rings is 1. The summed E-state index contributed by atoms with van der Waals surface area (Å²) in [5.41, 5.74) is 2.38. The zero-order valence-corrected chi connectivity index (χ0v) is 18.2. The van der Waals surface area contributed by atoms with E-state index < -0.39 is 0 Å². The highest BCUT2D eigenvalue weighted by Crippen LogP contribution is 2.14. The topological polar surface area (TPSA) is 64.1 Å². The third-order valence-electron chi connectivity index (χ3n) is 4.04. The van der Waals surface area contributed by atoms with Crippen LogP contribution in [0.2, 0.25) is 0 Å². The summed E-state index contributed by atoms with van der Waals surface area (Å²) in [6.45, 7) is 7.22. The van der Waals surface area contributed by atoms with Crippen molar-refractivity contribution in [2.45, 2.75) is 39.0 Å². The molecule has 0 radical (unpaired) electrons. The summed E-state index contributed by atoms with van der Waals surface area (Å²) in [6.07, 6.45) is 2.32. The molecule has 0 unspecified atom stereocenters. The van der Waals surface area contributed by atoms with Gasteiger partial charge in [-0.15, -0.1) is 24.0 Å². The van der Waals surface area contributed by atoms with E-state index in [1.807, 2.05) is 0 Å². The van der Waals surface area contributed by atoms with Gasteiger partial charge in [-0.2, -0.15) is 0 Å². The molecule has 148 valence electrons. The highest BCUT2D eigenvalue weighted by molar-refractivity contribution is 14.0. The van der Waals surface area contributed by atoms with Gasteiger partial charge in [0.2, 0.25) is 0 Å². The predicted molar refractivity (Wildman–Crippen MR) is 115 cm³/mol. The van der Waals surface area contributed by atoms with Crippen molar-refractivity contribution in [1.82, 2.24) is 10.6 Å². The van der Waals surface area contributed by atoms with Crippen molar-refractivity contribution in [3.8, 4) is 0 Å². The molecule has 26 heavy (non-hydrogen) atoms. The molecule has 0 bridgehead atoms. The second kappa shape index (κ2) is 14.2. The predicted octanol–water partition coefficient (Wildman–Crippen LogP) is 2.70. The number of rotatable bonds is 9. The lowest BCUT2D eigenvalue weighted by atomic mass is 10.1. The van der Waals surface area contributed by atoms with Crippen LogP contribution in [0, 0.1) is 0 Å². The van der Waals surface area contributed by atoms with Crippen molar-refractivity contribution in [1.29, 1.82) is 0 Å². The molecule has 0 aliphatic carbocycles. The number of nitrogens with one attached hydrogen (secondary N) is 2. The van der Waals surface area contributed by atoms with E-state index in [9.17, 15) is 0 Å².